The van der Waals surface area contributed by atoms with Gasteiger partial charge in [-0.1, -0.05) is 6.07 Å². The third-order valence-electron chi connectivity index (χ3n) is 4.31. The van der Waals surface area contributed by atoms with Gasteiger partial charge in [0.1, 0.15) is 5.75 Å². The number of fused-ring (bicyclic) bond motifs is 1. The van der Waals surface area contributed by atoms with E-state index in [-0.39, 0.29) is 17.1 Å². The lowest BCUT2D eigenvalue weighted by molar-refractivity contribution is -0.286. The third kappa shape index (κ3) is 3.28. The highest BCUT2D eigenvalue weighted by molar-refractivity contribution is 5.70. The largest absolute Gasteiger partial charge is 0.586 e. The monoisotopic (exact) mass is 389 g/mol. The van der Waals surface area contributed by atoms with Crippen molar-refractivity contribution in [1.82, 2.24) is 4.57 Å². The van der Waals surface area contributed by atoms with Crippen molar-refractivity contribution < 1.29 is 27.4 Å². The van der Waals surface area contributed by atoms with Crippen molar-refractivity contribution in [2.45, 2.75) is 13.2 Å². The van der Waals surface area contributed by atoms with E-state index in [4.69, 9.17) is 4.74 Å². The van der Waals surface area contributed by atoms with Gasteiger partial charge in [0, 0.05) is 23.5 Å². The van der Waals surface area contributed by atoms with Gasteiger partial charge >= 0.3 is 6.29 Å². The van der Waals surface area contributed by atoms with Gasteiger partial charge in [-0.2, -0.15) is 0 Å². The third-order valence-corrected chi connectivity index (χ3v) is 4.31. The van der Waals surface area contributed by atoms with Crippen molar-refractivity contribution in [1.29, 1.82) is 0 Å². The van der Waals surface area contributed by atoms with E-state index in [0.29, 0.717) is 28.1 Å². The Labute approximate surface area is 157 Å². The van der Waals surface area contributed by atoms with Crippen LogP contribution in [0.3, 0.4) is 0 Å². The fourth-order valence-corrected chi connectivity index (χ4v) is 3.01. The van der Waals surface area contributed by atoms with Crippen molar-refractivity contribution >= 4 is 0 Å². The molecule has 0 spiro atoms. The minimum atomic E-state index is -3.70. The Hall–Kier alpha value is -3.42. The number of pyridine rings is 1. The van der Waals surface area contributed by atoms with Crippen molar-refractivity contribution in [2.24, 2.45) is 0 Å². The zero-order chi connectivity index (χ0) is 19.9. The maximum absolute atomic E-state index is 13.3. The zero-order valence-corrected chi connectivity index (χ0v) is 14.6. The molecular weight excluding hydrogens is 375 g/mol. The highest BCUT2D eigenvalue weighted by atomic mass is 19.3. The minimum Gasteiger partial charge on any atom is -0.463 e. The van der Waals surface area contributed by atoms with Crippen LogP contribution in [0.15, 0.2) is 59.5 Å². The number of halogens is 3. The molecule has 0 N–H and O–H groups in total. The lowest BCUT2D eigenvalue weighted by Crippen LogP contribution is -2.25. The van der Waals surface area contributed by atoms with Crippen LogP contribution in [0.5, 0.6) is 17.2 Å². The van der Waals surface area contributed by atoms with E-state index in [0.717, 1.165) is 0 Å². The number of aromatic nitrogens is 1. The van der Waals surface area contributed by atoms with Crippen LogP contribution in [-0.4, -0.2) is 17.7 Å². The molecule has 8 heteroatoms. The molecule has 5 nitrogen and oxygen atoms in total. The summed E-state index contributed by atoms with van der Waals surface area (Å²) in [4.78, 5) is 12.4. The SMILES string of the molecule is Cc1cc(=O)n(-c2ccc(OCF)cc2)cc1-c1ccc2c(c1)OC(F)(F)O2. The highest BCUT2D eigenvalue weighted by Gasteiger charge is 2.43. The molecule has 1 aliphatic heterocycles. The topological polar surface area (TPSA) is 49.7 Å². The number of benzene rings is 2. The van der Waals surface area contributed by atoms with E-state index in [1.165, 1.54) is 22.8 Å². The summed E-state index contributed by atoms with van der Waals surface area (Å²) in [6.07, 6.45) is -2.09. The quantitative estimate of drug-likeness (QED) is 0.662. The van der Waals surface area contributed by atoms with E-state index < -0.39 is 13.2 Å². The average Bonchev–Trinajstić information content (AvgIpc) is 2.96. The molecular formula is C20H14F3NO4. The van der Waals surface area contributed by atoms with Crippen molar-refractivity contribution in [3.63, 3.8) is 0 Å². The normalized spacial score (nSPS) is 14.1. The van der Waals surface area contributed by atoms with Gasteiger partial charge < -0.3 is 14.2 Å². The standard InChI is InChI=1S/C20H14F3NO4/c1-12-8-19(25)24(14-3-5-15(6-4-14)26-11-21)10-16(12)13-2-7-17-18(9-13)28-20(22,23)27-17/h2-10H,11H2,1H3. The first-order chi connectivity index (χ1) is 13.4. The van der Waals surface area contributed by atoms with Gasteiger partial charge in [-0.25, -0.2) is 4.39 Å². The molecule has 0 atom stereocenters. The van der Waals surface area contributed by atoms with Gasteiger partial charge in [-0.05, 0) is 54.4 Å². The molecule has 2 aromatic carbocycles. The minimum absolute atomic E-state index is 0.0526. The Morgan fingerprint density at radius 3 is 2.46 bits per heavy atom. The van der Waals surface area contributed by atoms with Crippen LogP contribution in [0, 0.1) is 6.92 Å². The molecule has 2 heterocycles. The van der Waals surface area contributed by atoms with Crippen LogP contribution in [0.4, 0.5) is 13.2 Å². The van der Waals surface area contributed by atoms with Crippen LogP contribution < -0.4 is 19.8 Å². The molecule has 28 heavy (non-hydrogen) atoms. The maximum atomic E-state index is 13.3. The van der Waals surface area contributed by atoms with Crippen molar-refractivity contribution in [2.75, 3.05) is 6.86 Å². The number of rotatable bonds is 4. The van der Waals surface area contributed by atoms with E-state index in [9.17, 15) is 18.0 Å². The summed E-state index contributed by atoms with van der Waals surface area (Å²) in [5, 5.41) is 0. The number of nitrogens with zero attached hydrogens (tertiary/aromatic N) is 1. The summed E-state index contributed by atoms with van der Waals surface area (Å²) >= 11 is 0. The molecule has 1 aromatic heterocycles. The second-order valence-corrected chi connectivity index (χ2v) is 6.15. The van der Waals surface area contributed by atoms with E-state index in [1.807, 2.05) is 0 Å². The van der Waals surface area contributed by atoms with Crippen LogP contribution in [0.25, 0.3) is 16.8 Å². The lowest BCUT2D eigenvalue weighted by Gasteiger charge is -2.12. The molecule has 0 saturated heterocycles. The first kappa shape index (κ1) is 18.0. The Kier molecular flexibility index (Phi) is 4.26. The first-order valence-electron chi connectivity index (χ1n) is 8.29. The molecule has 4 rings (SSSR count). The number of hydrogen-bond acceptors (Lipinski definition) is 4. The summed E-state index contributed by atoms with van der Waals surface area (Å²) in [6, 6.07) is 12.2. The van der Waals surface area contributed by atoms with Crippen LogP contribution >= 0.6 is 0 Å². The summed E-state index contributed by atoms with van der Waals surface area (Å²) in [6.45, 7) is 0.801. The van der Waals surface area contributed by atoms with E-state index >= 15 is 0 Å². The van der Waals surface area contributed by atoms with Crippen LogP contribution in [-0.2, 0) is 0 Å². The predicted octanol–water partition coefficient (Wildman–Crippen LogP) is 4.44. The summed E-state index contributed by atoms with van der Waals surface area (Å²) < 4.78 is 53.8. The molecule has 0 fully saturated rings. The summed E-state index contributed by atoms with van der Waals surface area (Å²) in [5.41, 5.74) is 2.19. The summed E-state index contributed by atoms with van der Waals surface area (Å²) in [5.74, 6) is 0.207. The van der Waals surface area contributed by atoms with Gasteiger partial charge in [-0.3, -0.25) is 9.36 Å². The summed E-state index contributed by atoms with van der Waals surface area (Å²) in [7, 11) is 0. The molecule has 3 aromatic rings. The Morgan fingerprint density at radius 2 is 1.75 bits per heavy atom. The second-order valence-electron chi connectivity index (χ2n) is 6.15. The number of alkyl halides is 3. The van der Waals surface area contributed by atoms with Gasteiger partial charge in [0.05, 0.1) is 0 Å². The molecule has 0 bridgehead atoms. The van der Waals surface area contributed by atoms with Crippen LogP contribution in [0.2, 0.25) is 0 Å². The Balaban J connectivity index is 1.75. The molecule has 0 amide bonds. The number of hydrogen-bond donors (Lipinski definition) is 0. The molecule has 1 aliphatic rings. The average molecular weight is 389 g/mol. The molecule has 0 radical (unpaired) electrons. The van der Waals surface area contributed by atoms with Gasteiger partial charge in [0.25, 0.3) is 5.56 Å². The molecule has 144 valence electrons. The van der Waals surface area contributed by atoms with Crippen molar-refractivity contribution in [3.05, 3.63) is 70.6 Å². The van der Waals surface area contributed by atoms with Gasteiger partial charge in [0.2, 0.25) is 6.86 Å². The molecule has 0 unspecified atom stereocenters. The second kappa shape index (κ2) is 6.63. The first-order valence-corrected chi connectivity index (χ1v) is 8.29. The Morgan fingerprint density at radius 1 is 1.04 bits per heavy atom. The van der Waals surface area contributed by atoms with Gasteiger partial charge in [-0.15, -0.1) is 8.78 Å². The van der Waals surface area contributed by atoms with E-state index in [2.05, 4.69) is 9.47 Å². The van der Waals surface area contributed by atoms with Crippen LogP contribution in [0.1, 0.15) is 5.56 Å². The number of aryl methyl sites for hydroxylation is 1. The smallest absolute Gasteiger partial charge is 0.463 e. The predicted molar refractivity (Wildman–Crippen MR) is 95.0 cm³/mol. The van der Waals surface area contributed by atoms with Gasteiger partial charge in [0.15, 0.2) is 11.5 Å². The fraction of sp³-hybridized carbons (Fsp3) is 0.150. The zero-order valence-electron chi connectivity index (χ0n) is 14.6. The molecule has 0 saturated carbocycles. The van der Waals surface area contributed by atoms with E-state index in [1.54, 1.807) is 43.5 Å². The number of ether oxygens (including phenoxy) is 3. The van der Waals surface area contributed by atoms with Crippen molar-refractivity contribution in [3.8, 4) is 34.1 Å². The fourth-order valence-electron chi connectivity index (χ4n) is 3.01. The Bertz CT molecular complexity index is 1090. The maximum Gasteiger partial charge on any atom is 0.586 e. The molecule has 0 aliphatic carbocycles. The lowest BCUT2D eigenvalue weighted by atomic mass is 10.0. The highest BCUT2D eigenvalue weighted by Crippen LogP contribution is 2.43.